The van der Waals surface area contributed by atoms with Crippen LogP contribution in [0.25, 0.3) is 11.1 Å². The first-order chi connectivity index (χ1) is 21.4. The SMILES string of the molecule is CN1CCC(c2ccnc(Nc3cc(-c4ccc(CO)c(N5CCc6c(sc7c6CCCC7)C5=O)c4)cn(C)c3=O)c2)CC1. The first-order valence-electron chi connectivity index (χ1n) is 15.7. The van der Waals surface area contributed by atoms with Gasteiger partial charge in [-0.25, -0.2) is 4.98 Å². The van der Waals surface area contributed by atoms with Gasteiger partial charge in [0.15, 0.2) is 0 Å². The number of amides is 1. The van der Waals surface area contributed by atoms with Crippen LogP contribution in [0.15, 0.2) is 53.6 Å². The maximum Gasteiger partial charge on any atom is 0.274 e. The summed E-state index contributed by atoms with van der Waals surface area (Å²) in [7, 11) is 3.91. The van der Waals surface area contributed by atoms with Crippen LogP contribution >= 0.6 is 11.3 Å². The number of aliphatic hydroxyl groups is 1. The fraction of sp³-hybridized carbons (Fsp3) is 0.400. The van der Waals surface area contributed by atoms with Crippen LogP contribution in [-0.2, 0) is 32.9 Å². The Balaban J connectivity index is 1.19. The maximum absolute atomic E-state index is 13.9. The third-order valence-electron chi connectivity index (χ3n) is 9.61. The monoisotopic (exact) mass is 609 g/mol. The molecule has 5 heterocycles. The second-order valence-corrected chi connectivity index (χ2v) is 13.6. The number of aryl methyl sites for hydroxylation is 2. The van der Waals surface area contributed by atoms with E-state index >= 15 is 0 Å². The highest BCUT2D eigenvalue weighted by Gasteiger charge is 2.33. The molecule has 1 fully saturated rings. The Hall–Kier alpha value is -3.79. The minimum absolute atomic E-state index is 0.0240. The summed E-state index contributed by atoms with van der Waals surface area (Å²) in [4.78, 5) is 38.0. The van der Waals surface area contributed by atoms with Crippen molar-refractivity contribution >= 4 is 34.4 Å². The highest BCUT2D eigenvalue weighted by atomic mass is 32.1. The van der Waals surface area contributed by atoms with Crippen molar-refractivity contribution in [1.82, 2.24) is 14.5 Å². The molecule has 0 atom stereocenters. The number of rotatable bonds is 6. The Bertz CT molecular complexity index is 1790. The molecule has 2 aliphatic heterocycles. The molecule has 3 aromatic heterocycles. The second-order valence-electron chi connectivity index (χ2n) is 12.5. The van der Waals surface area contributed by atoms with E-state index in [1.165, 1.54) is 34.4 Å². The lowest BCUT2D eigenvalue weighted by Gasteiger charge is -2.29. The van der Waals surface area contributed by atoms with E-state index in [2.05, 4.69) is 34.4 Å². The standard InChI is InChI=1S/C35H39N5O3S/c1-38-14-10-22(11-15-38)24-9-13-36-32(19-24)37-29-17-26(20-39(2)34(29)42)23-7-8-25(21-41)30(18-23)40-16-12-28-27-5-3-4-6-31(27)44-33(28)35(40)43/h7-9,13,17-20,22,41H,3-6,10-12,14-16,21H2,1-2H3,(H,36,37). The number of anilines is 3. The van der Waals surface area contributed by atoms with E-state index in [0.717, 1.165) is 66.9 Å². The highest BCUT2D eigenvalue weighted by molar-refractivity contribution is 7.14. The molecule has 228 valence electrons. The molecule has 2 N–H and O–H groups in total. The zero-order chi connectivity index (χ0) is 30.4. The molecule has 44 heavy (non-hydrogen) atoms. The zero-order valence-corrected chi connectivity index (χ0v) is 26.3. The fourth-order valence-electron chi connectivity index (χ4n) is 7.08. The summed E-state index contributed by atoms with van der Waals surface area (Å²) in [5, 5.41) is 13.5. The quantitative estimate of drug-likeness (QED) is 0.294. The van der Waals surface area contributed by atoms with E-state index < -0.39 is 0 Å². The number of likely N-dealkylation sites (tertiary alicyclic amines) is 1. The Morgan fingerprint density at radius 1 is 0.955 bits per heavy atom. The van der Waals surface area contributed by atoms with E-state index in [-0.39, 0.29) is 18.1 Å². The number of nitrogens with zero attached hydrogens (tertiary/aromatic N) is 4. The second kappa shape index (κ2) is 12.0. The molecule has 1 saturated heterocycles. The van der Waals surface area contributed by atoms with Crippen LogP contribution in [0.3, 0.4) is 0 Å². The van der Waals surface area contributed by atoms with Crippen LogP contribution < -0.4 is 15.8 Å². The van der Waals surface area contributed by atoms with E-state index in [4.69, 9.17) is 0 Å². The fourth-order valence-corrected chi connectivity index (χ4v) is 8.47. The van der Waals surface area contributed by atoms with Gasteiger partial charge >= 0.3 is 0 Å². The van der Waals surface area contributed by atoms with Gasteiger partial charge in [0.1, 0.15) is 11.5 Å². The summed E-state index contributed by atoms with van der Waals surface area (Å²) in [5.41, 5.74) is 7.34. The summed E-state index contributed by atoms with van der Waals surface area (Å²) in [6.45, 7) is 2.58. The third-order valence-corrected chi connectivity index (χ3v) is 10.9. The molecule has 1 aliphatic carbocycles. The number of nitrogens with one attached hydrogen (secondary N) is 1. The Morgan fingerprint density at radius 3 is 2.59 bits per heavy atom. The molecule has 0 saturated carbocycles. The van der Waals surface area contributed by atoms with Crippen LogP contribution in [0.2, 0.25) is 0 Å². The largest absolute Gasteiger partial charge is 0.392 e. The first kappa shape index (κ1) is 29.0. The number of pyridine rings is 2. The third kappa shape index (κ3) is 5.38. The highest BCUT2D eigenvalue weighted by Crippen LogP contribution is 2.40. The Labute approximate surface area is 262 Å². The van der Waals surface area contributed by atoms with Crippen LogP contribution in [0.5, 0.6) is 0 Å². The smallest absolute Gasteiger partial charge is 0.274 e. The van der Waals surface area contributed by atoms with E-state index in [9.17, 15) is 14.7 Å². The van der Waals surface area contributed by atoms with Gasteiger partial charge in [-0.1, -0.05) is 12.1 Å². The van der Waals surface area contributed by atoms with Crippen LogP contribution in [0, 0.1) is 0 Å². The van der Waals surface area contributed by atoms with Crippen LogP contribution in [-0.4, -0.2) is 52.1 Å². The summed E-state index contributed by atoms with van der Waals surface area (Å²) >= 11 is 1.67. The Kier molecular flexibility index (Phi) is 7.86. The van der Waals surface area contributed by atoms with Gasteiger partial charge in [0.25, 0.3) is 11.5 Å². The summed E-state index contributed by atoms with van der Waals surface area (Å²) in [5.74, 6) is 1.16. The number of thiophene rings is 1. The van der Waals surface area contributed by atoms with E-state index in [1.54, 1.807) is 23.0 Å². The average Bonchev–Trinajstić information content (AvgIpc) is 3.43. The van der Waals surface area contributed by atoms with Crippen molar-refractivity contribution in [1.29, 1.82) is 0 Å². The van der Waals surface area contributed by atoms with E-state index in [1.807, 2.05) is 41.6 Å². The molecule has 4 aromatic rings. The minimum Gasteiger partial charge on any atom is -0.392 e. The van der Waals surface area contributed by atoms with Gasteiger partial charge in [-0.05, 0) is 118 Å². The van der Waals surface area contributed by atoms with Crippen molar-refractivity contribution in [3.05, 3.63) is 91.2 Å². The molecule has 3 aliphatic rings. The minimum atomic E-state index is -0.160. The average molecular weight is 610 g/mol. The summed E-state index contributed by atoms with van der Waals surface area (Å²) < 4.78 is 1.58. The molecular weight excluding hydrogens is 570 g/mol. The number of carbonyl (C=O) groups is 1. The normalized spacial score (nSPS) is 17.4. The number of carbonyl (C=O) groups excluding carboxylic acids is 1. The Morgan fingerprint density at radius 2 is 1.77 bits per heavy atom. The van der Waals surface area contributed by atoms with Gasteiger partial charge in [-0.3, -0.25) is 9.59 Å². The van der Waals surface area contributed by atoms with Gasteiger partial charge in [-0.2, -0.15) is 0 Å². The molecular formula is C35H39N5O3S. The van der Waals surface area contributed by atoms with Gasteiger partial charge in [0.2, 0.25) is 0 Å². The maximum atomic E-state index is 13.9. The molecule has 7 rings (SSSR count). The molecule has 9 heteroatoms. The van der Waals surface area contributed by atoms with Crippen molar-refractivity contribution in [3.8, 4) is 11.1 Å². The number of piperidine rings is 1. The molecule has 0 radical (unpaired) electrons. The lowest BCUT2D eigenvalue weighted by molar-refractivity contribution is 0.0984. The molecule has 1 aromatic carbocycles. The molecule has 0 bridgehead atoms. The van der Waals surface area contributed by atoms with Gasteiger partial charge in [0.05, 0.1) is 17.2 Å². The van der Waals surface area contributed by atoms with Crippen molar-refractivity contribution in [2.45, 2.75) is 57.5 Å². The van der Waals surface area contributed by atoms with Crippen LogP contribution in [0.1, 0.15) is 68.4 Å². The number of hydrogen-bond acceptors (Lipinski definition) is 7. The number of hydrogen-bond donors (Lipinski definition) is 2. The number of benzene rings is 1. The van der Waals surface area contributed by atoms with E-state index in [0.29, 0.717) is 29.5 Å². The van der Waals surface area contributed by atoms with Crippen molar-refractivity contribution in [2.75, 3.05) is 36.9 Å². The molecule has 0 unspecified atom stereocenters. The lowest BCUT2D eigenvalue weighted by atomic mass is 9.90. The van der Waals surface area contributed by atoms with Crippen LogP contribution in [0.4, 0.5) is 17.2 Å². The summed E-state index contributed by atoms with van der Waals surface area (Å²) in [6.07, 6.45) is 11.2. The van der Waals surface area contributed by atoms with Crippen molar-refractivity contribution in [2.24, 2.45) is 7.05 Å². The molecule has 8 nitrogen and oxygen atoms in total. The predicted molar refractivity (Wildman–Crippen MR) is 176 cm³/mol. The zero-order valence-electron chi connectivity index (χ0n) is 25.4. The first-order valence-corrected chi connectivity index (χ1v) is 16.5. The number of aliphatic hydroxyl groups excluding tert-OH is 1. The number of fused-ring (bicyclic) bond motifs is 3. The predicted octanol–water partition coefficient (Wildman–Crippen LogP) is 5.64. The van der Waals surface area contributed by atoms with Crippen molar-refractivity contribution < 1.29 is 9.90 Å². The van der Waals surface area contributed by atoms with Gasteiger partial charge < -0.3 is 24.8 Å². The topological polar surface area (TPSA) is 90.7 Å². The molecule has 0 spiro atoms. The number of aromatic nitrogens is 2. The lowest BCUT2D eigenvalue weighted by Crippen LogP contribution is -2.37. The van der Waals surface area contributed by atoms with Gasteiger partial charge in [-0.15, -0.1) is 11.3 Å². The van der Waals surface area contributed by atoms with Crippen molar-refractivity contribution in [3.63, 3.8) is 0 Å². The molecule has 1 amide bonds. The van der Waals surface area contributed by atoms with Gasteiger partial charge in [0, 0.05) is 42.0 Å². The summed E-state index contributed by atoms with van der Waals surface area (Å²) in [6, 6.07) is 11.8.